The Morgan fingerprint density at radius 3 is 2.88 bits per heavy atom. The molecule has 6 nitrogen and oxygen atoms in total. The normalized spacial score (nSPS) is 14.9. The molecule has 132 valence electrons. The molecule has 1 fully saturated rings. The Balaban J connectivity index is 1.45. The Labute approximate surface area is 150 Å². The number of carbonyl (C=O) groups excluding carboxylic acids is 1. The summed E-state index contributed by atoms with van der Waals surface area (Å²) in [5.74, 6) is 2.03. The fourth-order valence-corrected chi connectivity index (χ4v) is 3.15. The first-order valence-corrected chi connectivity index (χ1v) is 8.74. The summed E-state index contributed by atoms with van der Waals surface area (Å²) in [6.45, 7) is 0. The third kappa shape index (κ3) is 3.74. The van der Waals surface area contributed by atoms with Gasteiger partial charge in [0.1, 0.15) is 5.76 Å². The number of hydrogen-bond donors (Lipinski definition) is 1. The molecule has 1 N–H and O–H groups in total. The van der Waals surface area contributed by atoms with E-state index in [9.17, 15) is 4.79 Å². The lowest BCUT2D eigenvalue weighted by molar-refractivity contribution is -0.111. The fraction of sp³-hybridized carbons (Fsp3) is 0.250. The van der Waals surface area contributed by atoms with Gasteiger partial charge in [-0.2, -0.15) is 4.98 Å². The molecule has 1 aliphatic carbocycles. The molecule has 0 unspecified atom stereocenters. The molecule has 3 aromatic rings. The number of furan rings is 1. The van der Waals surface area contributed by atoms with Crippen molar-refractivity contribution in [1.82, 2.24) is 10.1 Å². The van der Waals surface area contributed by atoms with Crippen LogP contribution in [0, 0.1) is 0 Å². The van der Waals surface area contributed by atoms with Crippen LogP contribution in [0.2, 0.25) is 0 Å². The molecule has 26 heavy (non-hydrogen) atoms. The number of aromatic nitrogens is 2. The maximum atomic E-state index is 12.0. The van der Waals surface area contributed by atoms with Crippen LogP contribution in [0.1, 0.15) is 43.3 Å². The minimum absolute atomic E-state index is 0.238. The first kappa shape index (κ1) is 16.3. The van der Waals surface area contributed by atoms with Gasteiger partial charge in [0.15, 0.2) is 0 Å². The summed E-state index contributed by atoms with van der Waals surface area (Å²) in [4.78, 5) is 16.6. The van der Waals surface area contributed by atoms with E-state index in [1.54, 1.807) is 24.5 Å². The van der Waals surface area contributed by atoms with Crippen LogP contribution in [0.4, 0.5) is 5.69 Å². The molecular formula is C20H19N3O3. The third-order valence-electron chi connectivity index (χ3n) is 4.48. The molecule has 2 aromatic heterocycles. The number of amides is 1. The summed E-state index contributed by atoms with van der Waals surface area (Å²) in [5, 5.41) is 6.92. The highest BCUT2D eigenvalue weighted by Gasteiger charge is 2.23. The number of nitrogens with one attached hydrogen (secondary N) is 1. The smallest absolute Gasteiger partial charge is 0.248 e. The van der Waals surface area contributed by atoms with Gasteiger partial charge in [-0.3, -0.25) is 4.79 Å². The molecule has 0 saturated heterocycles. The van der Waals surface area contributed by atoms with Crippen molar-refractivity contribution in [3.8, 4) is 11.4 Å². The molecule has 1 amide bonds. The summed E-state index contributed by atoms with van der Waals surface area (Å²) in [6, 6.07) is 11.0. The minimum Gasteiger partial charge on any atom is -0.465 e. The average Bonchev–Trinajstić information content (AvgIpc) is 3.42. The third-order valence-corrected chi connectivity index (χ3v) is 4.48. The Morgan fingerprint density at radius 2 is 2.08 bits per heavy atom. The Kier molecular flexibility index (Phi) is 4.64. The lowest BCUT2D eigenvalue weighted by Crippen LogP contribution is -2.07. The van der Waals surface area contributed by atoms with Crippen LogP contribution in [-0.2, 0) is 4.79 Å². The molecule has 2 heterocycles. The minimum atomic E-state index is -0.238. The Morgan fingerprint density at radius 1 is 1.19 bits per heavy atom. The summed E-state index contributed by atoms with van der Waals surface area (Å²) >= 11 is 0. The zero-order valence-corrected chi connectivity index (χ0v) is 14.2. The number of anilines is 1. The number of nitrogens with zero attached hydrogens (tertiary/aromatic N) is 2. The zero-order valence-electron chi connectivity index (χ0n) is 14.2. The van der Waals surface area contributed by atoms with Gasteiger partial charge >= 0.3 is 0 Å². The molecule has 0 aliphatic heterocycles. The van der Waals surface area contributed by atoms with Gasteiger partial charge in [-0.1, -0.05) is 30.1 Å². The maximum absolute atomic E-state index is 12.0. The van der Waals surface area contributed by atoms with Crippen LogP contribution >= 0.6 is 0 Å². The van der Waals surface area contributed by atoms with Crippen molar-refractivity contribution < 1.29 is 13.7 Å². The van der Waals surface area contributed by atoms with Crippen LogP contribution < -0.4 is 5.32 Å². The van der Waals surface area contributed by atoms with Gasteiger partial charge in [-0.05, 0) is 43.2 Å². The van der Waals surface area contributed by atoms with E-state index in [4.69, 9.17) is 8.94 Å². The standard InChI is InChI=1S/C20H19N3O3/c24-18(11-10-17-9-4-12-25-17)21-16-8-3-7-15(13-16)19-22-20(26-23-19)14-5-1-2-6-14/h3-4,7-14H,1-2,5-6H2,(H,21,24)/b11-10+. The molecule has 0 spiro atoms. The Hall–Kier alpha value is -3.15. The van der Waals surface area contributed by atoms with Crippen molar-refractivity contribution in [3.05, 3.63) is 60.4 Å². The van der Waals surface area contributed by atoms with Gasteiger partial charge in [-0.25, -0.2) is 0 Å². The number of hydrogen-bond acceptors (Lipinski definition) is 5. The van der Waals surface area contributed by atoms with E-state index in [0.29, 0.717) is 29.1 Å². The number of benzene rings is 1. The molecular weight excluding hydrogens is 330 g/mol. The van der Waals surface area contributed by atoms with Crippen molar-refractivity contribution in [2.45, 2.75) is 31.6 Å². The van der Waals surface area contributed by atoms with E-state index in [1.807, 2.05) is 24.3 Å². The van der Waals surface area contributed by atoms with Crippen molar-refractivity contribution in [2.75, 3.05) is 5.32 Å². The van der Waals surface area contributed by atoms with Gasteiger partial charge in [0.25, 0.3) is 0 Å². The molecule has 6 heteroatoms. The lowest BCUT2D eigenvalue weighted by atomic mass is 10.1. The van der Waals surface area contributed by atoms with E-state index in [0.717, 1.165) is 18.4 Å². The summed E-state index contributed by atoms with van der Waals surface area (Å²) in [7, 11) is 0. The molecule has 1 saturated carbocycles. The first-order chi connectivity index (χ1) is 12.8. The predicted octanol–water partition coefficient (Wildman–Crippen LogP) is 4.64. The number of rotatable bonds is 5. The van der Waals surface area contributed by atoms with Crippen LogP contribution in [0.15, 0.2) is 57.7 Å². The topological polar surface area (TPSA) is 81.2 Å². The van der Waals surface area contributed by atoms with E-state index in [1.165, 1.54) is 18.9 Å². The predicted molar refractivity (Wildman–Crippen MR) is 97.3 cm³/mol. The van der Waals surface area contributed by atoms with Gasteiger partial charge in [0.05, 0.1) is 6.26 Å². The SMILES string of the molecule is O=C(/C=C/c1ccco1)Nc1cccc(-c2noc(C3CCCC3)n2)c1. The average molecular weight is 349 g/mol. The molecule has 0 bridgehead atoms. The summed E-state index contributed by atoms with van der Waals surface area (Å²) < 4.78 is 10.6. The van der Waals surface area contributed by atoms with Gasteiger partial charge in [-0.15, -0.1) is 0 Å². The molecule has 4 rings (SSSR count). The maximum Gasteiger partial charge on any atom is 0.248 e. The zero-order chi connectivity index (χ0) is 17.8. The lowest BCUT2D eigenvalue weighted by Gasteiger charge is -2.03. The van der Waals surface area contributed by atoms with Gasteiger partial charge < -0.3 is 14.3 Å². The molecule has 1 aromatic carbocycles. The van der Waals surface area contributed by atoms with Crippen molar-refractivity contribution in [3.63, 3.8) is 0 Å². The van der Waals surface area contributed by atoms with E-state index in [2.05, 4.69) is 15.5 Å². The largest absolute Gasteiger partial charge is 0.465 e. The highest BCUT2D eigenvalue weighted by molar-refractivity contribution is 6.02. The van der Waals surface area contributed by atoms with E-state index < -0.39 is 0 Å². The second kappa shape index (κ2) is 7.39. The molecule has 0 atom stereocenters. The first-order valence-electron chi connectivity index (χ1n) is 8.74. The second-order valence-corrected chi connectivity index (χ2v) is 6.36. The van der Waals surface area contributed by atoms with Crippen molar-refractivity contribution >= 4 is 17.7 Å². The highest BCUT2D eigenvalue weighted by Crippen LogP contribution is 2.34. The quantitative estimate of drug-likeness (QED) is 0.679. The van der Waals surface area contributed by atoms with Gasteiger partial charge in [0, 0.05) is 23.2 Å². The fourth-order valence-electron chi connectivity index (χ4n) is 3.15. The van der Waals surface area contributed by atoms with Crippen LogP contribution in [0.3, 0.4) is 0 Å². The van der Waals surface area contributed by atoms with Crippen molar-refractivity contribution in [2.24, 2.45) is 0 Å². The summed E-state index contributed by atoms with van der Waals surface area (Å²) in [5.41, 5.74) is 1.48. The monoisotopic (exact) mass is 349 g/mol. The Bertz CT molecular complexity index is 906. The van der Waals surface area contributed by atoms with Crippen LogP contribution in [0.25, 0.3) is 17.5 Å². The van der Waals surface area contributed by atoms with Crippen LogP contribution in [0.5, 0.6) is 0 Å². The van der Waals surface area contributed by atoms with Crippen molar-refractivity contribution in [1.29, 1.82) is 0 Å². The van der Waals surface area contributed by atoms with Crippen LogP contribution in [-0.4, -0.2) is 16.0 Å². The van der Waals surface area contributed by atoms with E-state index >= 15 is 0 Å². The number of carbonyl (C=O) groups is 1. The van der Waals surface area contributed by atoms with E-state index in [-0.39, 0.29) is 5.91 Å². The highest BCUT2D eigenvalue weighted by atomic mass is 16.5. The van der Waals surface area contributed by atoms with Gasteiger partial charge in [0.2, 0.25) is 17.6 Å². The summed E-state index contributed by atoms with van der Waals surface area (Å²) in [6.07, 6.45) is 9.26. The second-order valence-electron chi connectivity index (χ2n) is 6.36. The molecule has 0 radical (unpaired) electrons. The molecule has 1 aliphatic rings.